The zero-order valence-corrected chi connectivity index (χ0v) is 10.3. The van der Waals surface area contributed by atoms with E-state index in [1.54, 1.807) is 20.8 Å². The van der Waals surface area contributed by atoms with Gasteiger partial charge in [0, 0.05) is 0 Å². The molecule has 0 N–H and O–H groups in total. The number of hydrogen-bond donors (Lipinski definition) is 0. The first kappa shape index (κ1) is 13.0. The molecule has 0 unspecified atom stereocenters. The summed E-state index contributed by atoms with van der Waals surface area (Å²) in [5.41, 5.74) is -0.545. The number of amides is 1. The van der Waals surface area contributed by atoms with E-state index in [1.165, 1.54) is 4.90 Å². The van der Waals surface area contributed by atoms with Gasteiger partial charge in [0.25, 0.3) is 0 Å². The fourth-order valence-electron chi connectivity index (χ4n) is 1.39. The van der Waals surface area contributed by atoms with Gasteiger partial charge in [0.15, 0.2) is 5.78 Å². The summed E-state index contributed by atoms with van der Waals surface area (Å²) < 4.78 is 10.4. The lowest BCUT2D eigenvalue weighted by Crippen LogP contribution is -2.41. The summed E-state index contributed by atoms with van der Waals surface area (Å²) in [5.74, 6) is -0.102. The molecule has 92 valence electrons. The van der Waals surface area contributed by atoms with Crippen molar-refractivity contribution < 1.29 is 19.1 Å². The van der Waals surface area contributed by atoms with Crippen LogP contribution in [0.3, 0.4) is 0 Å². The summed E-state index contributed by atoms with van der Waals surface area (Å²) in [6.45, 7) is 7.75. The lowest BCUT2D eigenvalue weighted by Gasteiger charge is -2.26. The summed E-state index contributed by atoms with van der Waals surface area (Å²) in [6, 6.07) is 0. The molecule has 1 heterocycles. The van der Waals surface area contributed by atoms with Gasteiger partial charge in [-0.2, -0.15) is 0 Å². The number of Topliss-reactive ketones (excluding diaryl/α,β-unsaturated/α-hetero) is 1. The maximum absolute atomic E-state index is 11.8. The average Bonchev–Trinajstić information content (AvgIpc) is 2.25. The molecule has 1 aliphatic rings. The zero-order chi connectivity index (χ0) is 12.3. The van der Waals surface area contributed by atoms with E-state index in [0.29, 0.717) is 6.54 Å². The van der Waals surface area contributed by atoms with Gasteiger partial charge in [0.05, 0.1) is 19.2 Å². The predicted octanol–water partition coefficient (Wildman–Crippen LogP) is 1.21. The highest BCUT2D eigenvalue weighted by molar-refractivity contribution is 5.85. The van der Waals surface area contributed by atoms with Crippen LogP contribution in [0.25, 0.3) is 0 Å². The molecule has 1 aliphatic heterocycles. The Morgan fingerprint density at radius 1 is 1.50 bits per heavy atom. The first-order valence-corrected chi connectivity index (χ1v) is 5.39. The molecule has 1 rings (SSSR count). The molecule has 0 aromatic rings. The van der Waals surface area contributed by atoms with Gasteiger partial charge in [-0.3, -0.25) is 9.69 Å². The van der Waals surface area contributed by atoms with Crippen molar-refractivity contribution in [1.82, 2.24) is 4.90 Å². The molecule has 0 aliphatic carbocycles. The van der Waals surface area contributed by atoms with Gasteiger partial charge in [-0.15, -0.1) is 0 Å². The molecule has 5 nitrogen and oxygen atoms in total. The van der Waals surface area contributed by atoms with E-state index in [0.717, 1.165) is 0 Å². The normalized spacial score (nSPS) is 22.9. The number of ether oxygens (including phenoxy) is 2. The number of ketones is 1. The topological polar surface area (TPSA) is 55.8 Å². The quantitative estimate of drug-likeness (QED) is 0.626. The molecular formula is C11H19NO4. The van der Waals surface area contributed by atoms with Crippen LogP contribution in [-0.4, -0.2) is 48.2 Å². The molecule has 1 atom stereocenters. The van der Waals surface area contributed by atoms with E-state index < -0.39 is 11.7 Å². The van der Waals surface area contributed by atoms with Crippen LogP contribution in [0.15, 0.2) is 0 Å². The van der Waals surface area contributed by atoms with Gasteiger partial charge in [0.1, 0.15) is 12.2 Å². The molecule has 1 amide bonds. The third kappa shape index (κ3) is 4.18. The summed E-state index contributed by atoms with van der Waals surface area (Å²) in [6.07, 6.45) is -0.600. The molecule has 0 saturated carbocycles. The highest BCUT2D eigenvalue weighted by atomic mass is 16.6. The molecule has 16 heavy (non-hydrogen) atoms. The van der Waals surface area contributed by atoms with Crippen LogP contribution in [-0.2, 0) is 14.3 Å². The molecule has 0 aromatic heterocycles. The van der Waals surface area contributed by atoms with Crippen LogP contribution in [0, 0.1) is 0 Å². The number of carbonyl (C=O) groups is 2. The molecule has 1 saturated heterocycles. The number of carbonyl (C=O) groups excluding carboxylic acids is 2. The van der Waals surface area contributed by atoms with Gasteiger partial charge in [-0.25, -0.2) is 4.79 Å². The Hall–Kier alpha value is -1.10. The first-order valence-electron chi connectivity index (χ1n) is 5.39. The van der Waals surface area contributed by atoms with Crippen molar-refractivity contribution in [2.75, 3.05) is 19.7 Å². The maximum atomic E-state index is 11.8. The molecular weight excluding hydrogens is 210 g/mol. The third-order valence-electron chi connectivity index (χ3n) is 2.03. The lowest BCUT2D eigenvalue weighted by molar-refractivity contribution is -0.123. The Kier molecular flexibility index (Phi) is 3.91. The van der Waals surface area contributed by atoms with Crippen molar-refractivity contribution in [3.8, 4) is 0 Å². The average molecular weight is 229 g/mol. The third-order valence-corrected chi connectivity index (χ3v) is 2.03. The van der Waals surface area contributed by atoms with Crippen molar-refractivity contribution in [3.05, 3.63) is 0 Å². The molecule has 0 aromatic carbocycles. The second-order valence-corrected chi connectivity index (χ2v) is 5.02. The van der Waals surface area contributed by atoms with E-state index in [2.05, 4.69) is 0 Å². The van der Waals surface area contributed by atoms with Gasteiger partial charge < -0.3 is 9.47 Å². The summed E-state index contributed by atoms with van der Waals surface area (Å²) >= 11 is 0. The van der Waals surface area contributed by atoms with Gasteiger partial charge in [0.2, 0.25) is 0 Å². The highest BCUT2D eigenvalue weighted by Gasteiger charge is 2.27. The fraction of sp³-hybridized carbons (Fsp3) is 0.818. The van der Waals surface area contributed by atoms with Crippen molar-refractivity contribution in [3.63, 3.8) is 0 Å². The highest BCUT2D eigenvalue weighted by Crippen LogP contribution is 2.12. The number of nitrogens with zero attached hydrogens (tertiary/aromatic N) is 1. The van der Waals surface area contributed by atoms with Crippen LogP contribution in [0.1, 0.15) is 27.7 Å². The minimum Gasteiger partial charge on any atom is -0.444 e. The van der Waals surface area contributed by atoms with Crippen LogP contribution in [0.5, 0.6) is 0 Å². The van der Waals surface area contributed by atoms with E-state index in [4.69, 9.17) is 9.47 Å². The van der Waals surface area contributed by atoms with Gasteiger partial charge >= 0.3 is 6.09 Å². The first-order chi connectivity index (χ1) is 7.28. The number of rotatable bonds is 0. The van der Waals surface area contributed by atoms with Gasteiger partial charge in [-0.05, 0) is 27.7 Å². The SMILES string of the molecule is C[C@@H]1CN(C(=O)OC(C)(C)C)CC(=O)CO1. The van der Waals surface area contributed by atoms with Crippen LogP contribution in [0.4, 0.5) is 4.79 Å². The van der Waals surface area contributed by atoms with Crippen molar-refractivity contribution >= 4 is 11.9 Å². The van der Waals surface area contributed by atoms with Crippen molar-refractivity contribution in [2.45, 2.75) is 39.4 Å². The Bertz CT molecular complexity index is 282. The van der Waals surface area contributed by atoms with Gasteiger partial charge in [-0.1, -0.05) is 0 Å². The lowest BCUT2D eigenvalue weighted by atomic mass is 10.2. The summed E-state index contributed by atoms with van der Waals surface area (Å²) in [4.78, 5) is 24.5. The molecule has 5 heteroatoms. The number of hydrogen-bond acceptors (Lipinski definition) is 4. The van der Waals surface area contributed by atoms with E-state index in [-0.39, 0.29) is 25.0 Å². The molecule has 1 fully saturated rings. The Morgan fingerprint density at radius 2 is 2.12 bits per heavy atom. The second-order valence-electron chi connectivity index (χ2n) is 5.02. The molecule has 0 bridgehead atoms. The maximum Gasteiger partial charge on any atom is 0.410 e. The Labute approximate surface area is 95.7 Å². The standard InChI is InChI=1S/C11H19NO4/c1-8-5-12(6-9(13)7-15-8)10(14)16-11(2,3)4/h8H,5-7H2,1-4H3/t8-/m1/s1. The Morgan fingerprint density at radius 3 is 2.69 bits per heavy atom. The van der Waals surface area contributed by atoms with Crippen molar-refractivity contribution in [2.24, 2.45) is 0 Å². The summed E-state index contributed by atoms with van der Waals surface area (Å²) in [5, 5.41) is 0. The van der Waals surface area contributed by atoms with E-state index in [1.807, 2.05) is 6.92 Å². The smallest absolute Gasteiger partial charge is 0.410 e. The minimum absolute atomic E-state index is 0.0687. The fourth-order valence-corrected chi connectivity index (χ4v) is 1.39. The summed E-state index contributed by atoms with van der Waals surface area (Å²) in [7, 11) is 0. The van der Waals surface area contributed by atoms with Crippen LogP contribution >= 0.6 is 0 Å². The molecule has 0 spiro atoms. The van der Waals surface area contributed by atoms with Crippen LogP contribution in [0.2, 0.25) is 0 Å². The predicted molar refractivity (Wildman–Crippen MR) is 58.2 cm³/mol. The Balaban J connectivity index is 2.63. The largest absolute Gasteiger partial charge is 0.444 e. The van der Waals surface area contributed by atoms with Crippen molar-refractivity contribution in [1.29, 1.82) is 0 Å². The molecule has 0 radical (unpaired) electrons. The van der Waals surface area contributed by atoms with E-state index in [9.17, 15) is 9.59 Å². The minimum atomic E-state index is -0.545. The van der Waals surface area contributed by atoms with E-state index >= 15 is 0 Å². The monoisotopic (exact) mass is 229 g/mol. The second kappa shape index (κ2) is 4.82. The zero-order valence-electron chi connectivity index (χ0n) is 10.3. The van der Waals surface area contributed by atoms with Crippen LogP contribution < -0.4 is 0 Å².